The molecule has 2 aliphatic carbocycles. The van der Waals surface area contributed by atoms with Gasteiger partial charge in [0.15, 0.2) is 0 Å². The molecule has 0 amide bonds. The van der Waals surface area contributed by atoms with Crippen LogP contribution in [0, 0.1) is 17.2 Å². The quantitative estimate of drug-likeness (QED) is 0.864. The minimum absolute atomic E-state index is 0.0167. The Balaban J connectivity index is 2.06. The molecule has 0 unspecified atom stereocenters. The monoisotopic (exact) mass is 271 g/mol. The first-order valence-corrected chi connectivity index (χ1v) is 6.83. The van der Waals surface area contributed by atoms with Crippen LogP contribution in [-0.2, 0) is 10.2 Å². The molecule has 0 spiro atoms. The van der Waals surface area contributed by atoms with E-state index in [1.165, 1.54) is 0 Å². The highest BCUT2D eigenvalue weighted by molar-refractivity contribution is 5.75. The lowest BCUT2D eigenvalue weighted by molar-refractivity contribution is -0.0801. The highest BCUT2D eigenvalue weighted by Gasteiger charge is 2.59. The first-order chi connectivity index (χ1) is 9.77. The van der Waals surface area contributed by atoms with Gasteiger partial charge in [-0.25, -0.2) is 0 Å². The van der Waals surface area contributed by atoms with E-state index in [9.17, 15) is 10.4 Å². The molecule has 2 N–H and O–H groups in total. The van der Waals surface area contributed by atoms with E-state index in [1.807, 2.05) is 30.3 Å². The fourth-order valence-corrected chi connectivity index (χ4v) is 3.46. The Labute approximate surface area is 117 Å². The zero-order chi connectivity index (χ0) is 14.2. The maximum absolute atomic E-state index is 9.76. The molecule has 1 fully saturated rings. The number of hydrogen-bond acceptors (Lipinski definition) is 4. The molecule has 20 heavy (non-hydrogen) atoms. The van der Waals surface area contributed by atoms with Crippen LogP contribution in [0.5, 0.6) is 0 Å². The Morgan fingerprint density at radius 3 is 2.85 bits per heavy atom. The SMILES string of the molecule is N#C[C@]12c3ccccc3C(CO)=C[C@H]1C[C@H]2OCCO. The zero-order valence-electron chi connectivity index (χ0n) is 11.1. The molecule has 3 rings (SSSR count). The molecule has 0 bridgehead atoms. The molecule has 0 radical (unpaired) electrons. The van der Waals surface area contributed by atoms with Crippen LogP contribution < -0.4 is 0 Å². The number of ether oxygens (including phenoxy) is 1. The Morgan fingerprint density at radius 2 is 2.15 bits per heavy atom. The summed E-state index contributed by atoms with van der Waals surface area (Å²) in [5, 5.41) is 28.2. The second kappa shape index (κ2) is 5.02. The highest BCUT2D eigenvalue weighted by Crippen LogP contribution is 2.55. The van der Waals surface area contributed by atoms with Gasteiger partial charge >= 0.3 is 0 Å². The van der Waals surface area contributed by atoms with E-state index in [0.717, 1.165) is 23.1 Å². The number of hydrogen-bond donors (Lipinski definition) is 2. The van der Waals surface area contributed by atoms with E-state index in [4.69, 9.17) is 9.84 Å². The predicted molar refractivity (Wildman–Crippen MR) is 73.7 cm³/mol. The molecule has 4 nitrogen and oxygen atoms in total. The molecule has 0 heterocycles. The van der Waals surface area contributed by atoms with E-state index in [0.29, 0.717) is 0 Å². The molecule has 1 aromatic carbocycles. The Bertz CT molecular complexity index is 590. The number of nitrogens with zero attached hydrogens (tertiary/aromatic N) is 1. The molecule has 0 aliphatic heterocycles. The van der Waals surface area contributed by atoms with Crippen molar-refractivity contribution in [2.75, 3.05) is 19.8 Å². The average Bonchev–Trinajstić information content (AvgIpc) is 2.47. The number of fused-ring (bicyclic) bond motifs is 3. The van der Waals surface area contributed by atoms with Gasteiger partial charge in [0.1, 0.15) is 5.41 Å². The summed E-state index contributed by atoms with van der Waals surface area (Å²) in [6, 6.07) is 10.2. The van der Waals surface area contributed by atoms with Crippen molar-refractivity contribution < 1.29 is 14.9 Å². The van der Waals surface area contributed by atoms with Crippen molar-refractivity contribution in [3.05, 3.63) is 41.5 Å². The first kappa shape index (κ1) is 13.3. The van der Waals surface area contributed by atoms with Crippen LogP contribution >= 0.6 is 0 Å². The van der Waals surface area contributed by atoms with Crippen LogP contribution in [0.3, 0.4) is 0 Å². The number of aliphatic hydroxyl groups is 2. The fraction of sp³-hybridized carbons (Fsp3) is 0.438. The summed E-state index contributed by atoms with van der Waals surface area (Å²) in [7, 11) is 0. The van der Waals surface area contributed by atoms with Gasteiger partial charge in [0, 0.05) is 5.92 Å². The Kier molecular flexibility index (Phi) is 3.35. The number of benzene rings is 1. The minimum atomic E-state index is -0.676. The van der Waals surface area contributed by atoms with Gasteiger partial charge in [-0.2, -0.15) is 5.26 Å². The van der Waals surface area contributed by atoms with Crippen molar-refractivity contribution in [3.63, 3.8) is 0 Å². The van der Waals surface area contributed by atoms with Gasteiger partial charge in [-0.15, -0.1) is 0 Å². The number of rotatable bonds is 4. The van der Waals surface area contributed by atoms with Gasteiger partial charge in [0.25, 0.3) is 0 Å². The molecule has 1 aromatic rings. The second-order valence-electron chi connectivity index (χ2n) is 5.30. The molecule has 0 aromatic heterocycles. The summed E-state index contributed by atoms with van der Waals surface area (Å²) in [5.41, 5.74) is 2.08. The molecule has 0 saturated heterocycles. The molecule has 104 valence electrons. The topological polar surface area (TPSA) is 73.5 Å². The summed E-state index contributed by atoms with van der Waals surface area (Å²) in [5.74, 6) is 0.0771. The smallest absolute Gasteiger partial charge is 0.115 e. The summed E-state index contributed by atoms with van der Waals surface area (Å²) in [6.45, 7) is 0.193. The summed E-state index contributed by atoms with van der Waals surface area (Å²) >= 11 is 0. The van der Waals surface area contributed by atoms with Crippen LogP contribution in [0.15, 0.2) is 30.3 Å². The lowest BCUT2D eigenvalue weighted by atomic mass is 9.51. The molecule has 2 aliphatic rings. The number of aliphatic hydroxyl groups excluding tert-OH is 2. The van der Waals surface area contributed by atoms with Gasteiger partial charge in [0.05, 0.1) is 32.0 Å². The maximum Gasteiger partial charge on any atom is 0.115 e. The molecular weight excluding hydrogens is 254 g/mol. The van der Waals surface area contributed by atoms with Crippen LogP contribution in [0.25, 0.3) is 5.57 Å². The standard InChI is InChI=1S/C16H17NO3/c17-10-16-12(8-15(16)20-6-5-18)7-11(9-19)13-3-1-2-4-14(13)16/h1-4,7,12,15,18-19H,5-6,8-9H2/t12-,15+,16+/m0/s1. The summed E-state index contributed by atoms with van der Waals surface area (Å²) < 4.78 is 5.65. The normalized spacial score (nSPS) is 30.6. The van der Waals surface area contributed by atoms with Crippen molar-refractivity contribution >= 4 is 5.57 Å². The largest absolute Gasteiger partial charge is 0.394 e. The maximum atomic E-state index is 9.76. The average molecular weight is 271 g/mol. The first-order valence-electron chi connectivity index (χ1n) is 6.83. The second-order valence-corrected chi connectivity index (χ2v) is 5.30. The van der Waals surface area contributed by atoms with E-state index in [2.05, 4.69) is 6.07 Å². The molecule has 1 saturated carbocycles. The van der Waals surface area contributed by atoms with Gasteiger partial charge in [0.2, 0.25) is 0 Å². The number of allylic oxidation sites excluding steroid dienone is 1. The lowest BCUT2D eigenvalue weighted by Gasteiger charge is -2.53. The van der Waals surface area contributed by atoms with Crippen molar-refractivity contribution in [3.8, 4) is 6.07 Å². The molecular formula is C16H17NO3. The highest BCUT2D eigenvalue weighted by atomic mass is 16.5. The molecule has 3 atom stereocenters. The zero-order valence-corrected chi connectivity index (χ0v) is 11.1. The van der Waals surface area contributed by atoms with Crippen molar-refractivity contribution in [2.24, 2.45) is 5.92 Å². The van der Waals surface area contributed by atoms with Gasteiger partial charge in [-0.1, -0.05) is 30.3 Å². The van der Waals surface area contributed by atoms with Crippen molar-refractivity contribution in [1.82, 2.24) is 0 Å². The van der Waals surface area contributed by atoms with Crippen LogP contribution in [0.1, 0.15) is 17.5 Å². The Morgan fingerprint density at radius 1 is 1.35 bits per heavy atom. The summed E-state index contributed by atoms with van der Waals surface area (Å²) in [6.07, 6.45) is 2.57. The van der Waals surface area contributed by atoms with E-state index < -0.39 is 5.41 Å². The molecule has 4 heteroatoms. The third-order valence-corrected chi connectivity index (χ3v) is 4.45. The van der Waals surface area contributed by atoms with E-state index >= 15 is 0 Å². The van der Waals surface area contributed by atoms with E-state index in [1.54, 1.807) is 0 Å². The summed E-state index contributed by atoms with van der Waals surface area (Å²) in [4.78, 5) is 0. The predicted octanol–water partition coefficient (Wildman–Crippen LogP) is 1.23. The van der Waals surface area contributed by atoms with Gasteiger partial charge in [-0.3, -0.25) is 0 Å². The lowest BCUT2D eigenvalue weighted by Crippen LogP contribution is -2.58. The third kappa shape index (κ3) is 1.64. The van der Waals surface area contributed by atoms with Gasteiger partial charge in [-0.05, 0) is 23.1 Å². The van der Waals surface area contributed by atoms with Crippen LogP contribution in [0.4, 0.5) is 0 Å². The van der Waals surface area contributed by atoms with Crippen molar-refractivity contribution in [1.29, 1.82) is 5.26 Å². The van der Waals surface area contributed by atoms with Gasteiger partial charge < -0.3 is 14.9 Å². The van der Waals surface area contributed by atoms with Crippen LogP contribution in [-0.4, -0.2) is 36.1 Å². The third-order valence-electron chi connectivity index (χ3n) is 4.45. The fourth-order valence-electron chi connectivity index (χ4n) is 3.46. The number of nitriles is 1. The Hall–Kier alpha value is -1.67. The van der Waals surface area contributed by atoms with E-state index in [-0.39, 0.29) is 31.8 Å². The van der Waals surface area contributed by atoms with Crippen LogP contribution in [0.2, 0.25) is 0 Å². The van der Waals surface area contributed by atoms with Crippen molar-refractivity contribution in [2.45, 2.75) is 17.9 Å². The minimum Gasteiger partial charge on any atom is -0.394 e.